The number of unbranched alkanes of at least 4 members (excludes halogenated alkanes) is 10. The van der Waals surface area contributed by atoms with Crippen molar-refractivity contribution in [3.8, 4) is 17.0 Å². The first-order valence-corrected chi connectivity index (χ1v) is 14.2. The van der Waals surface area contributed by atoms with Crippen LogP contribution in [-0.2, 0) is 9.53 Å². The Bertz CT molecular complexity index is 1210. The molecule has 0 fully saturated rings. The Morgan fingerprint density at radius 3 is 2.18 bits per heavy atom. The Morgan fingerprint density at radius 2 is 1.56 bits per heavy atom. The van der Waals surface area contributed by atoms with Crippen LogP contribution in [0.1, 0.15) is 84.5 Å². The molecule has 0 unspecified atom stereocenters. The minimum Gasteiger partial charge on any atom is -0.478 e. The Balaban J connectivity index is 1.19. The average Bonchev–Trinajstić information content (AvgIpc) is 2.94. The Hall–Kier alpha value is -3.26. The van der Waals surface area contributed by atoms with Gasteiger partial charge in [-0.05, 0) is 38.8 Å². The fourth-order valence-electron chi connectivity index (χ4n) is 4.21. The number of fused-ring (bicyclic) bond motifs is 1. The van der Waals surface area contributed by atoms with Gasteiger partial charge >= 0.3 is 11.6 Å². The van der Waals surface area contributed by atoms with Crippen LogP contribution >= 0.6 is 0 Å². The highest BCUT2D eigenvalue weighted by molar-refractivity contribution is 5.81. The molecule has 0 amide bonds. The number of rotatable bonds is 18. The van der Waals surface area contributed by atoms with Crippen molar-refractivity contribution in [2.75, 3.05) is 19.8 Å². The maximum atomic E-state index is 12.4. The summed E-state index contributed by atoms with van der Waals surface area (Å²) in [4.78, 5) is 32.7. The van der Waals surface area contributed by atoms with Gasteiger partial charge in [0.2, 0.25) is 5.88 Å². The van der Waals surface area contributed by atoms with E-state index >= 15 is 0 Å². The van der Waals surface area contributed by atoms with E-state index in [2.05, 4.69) is 9.97 Å². The lowest BCUT2D eigenvalue weighted by atomic mass is 9.94. The fraction of sp³-hybridized carbons (Fsp3) is 0.548. The standard InChI is InChI=1S/C31H43N3O5/c1-31(2,23-32)30(36)38-18-13-11-9-7-5-3-4-6-8-10-12-17-37-28-20-27-25(22-34-28)19-26(29(35)39-27)24-15-14-16-33-21-24/h14-16,19-22H,3-13,17-18,23,32H2,1-2H3. The van der Waals surface area contributed by atoms with Crippen LogP contribution in [0.25, 0.3) is 22.1 Å². The van der Waals surface area contributed by atoms with E-state index in [1.807, 2.05) is 19.9 Å². The molecule has 0 aliphatic carbocycles. The molecule has 8 nitrogen and oxygen atoms in total. The molecule has 0 aliphatic rings. The molecule has 212 valence electrons. The van der Waals surface area contributed by atoms with Crippen LogP contribution in [0.15, 0.2) is 52.1 Å². The number of ether oxygens (including phenoxy) is 2. The van der Waals surface area contributed by atoms with Crippen molar-refractivity contribution in [2.24, 2.45) is 11.1 Å². The SMILES string of the molecule is CC(C)(CN)C(=O)OCCCCCCCCCCCCCOc1cc2oc(=O)c(-c3cccnc3)cc2cn1. The molecule has 0 atom stereocenters. The highest BCUT2D eigenvalue weighted by atomic mass is 16.5. The topological polar surface area (TPSA) is 118 Å². The van der Waals surface area contributed by atoms with E-state index in [4.69, 9.17) is 19.6 Å². The zero-order chi connectivity index (χ0) is 27.9. The van der Waals surface area contributed by atoms with Gasteiger partial charge in [-0.3, -0.25) is 9.78 Å². The zero-order valence-corrected chi connectivity index (χ0v) is 23.5. The summed E-state index contributed by atoms with van der Waals surface area (Å²) in [6.45, 7) is 5.02. The van der Waals surface area contributed by atoms with Gasteiger partial charge < -0.3 is 19.6 Å². The summed E-state index contributed by atoms with van der Waals surface area (Å²) in [7, 11) is 0. The molecule has 0 spiro atoms. The summed E-state index contributed by atoms with van der Waals surface area (Å²) in [5, 5.41) is 0.744. The number of carbonyl (C=O) groups excluding carboxylic acids is 1. The minimum absolute atomic E-state index is 0.201. The van der Waals surface area contributed by atoms with Crippen molar-refractivity contribution < 1.29 is 18.7 Å². The van der Waals surface area contributed by atoms with Crippen molar-refractivity contribution in [3.05, 3.63) is 53.3 Å². The normalized spacial score (nSPS) is 11.6. The van der Waals surface area contributed by atoms with Gasteiger partial charge in [0.1, 0.15) is 5.58 Å². The quantitative estimate of drug-likeness (QED) is 0.145. The minimum atomic E-state index is -0.589. The lowest BCUT2D eigenvalue weighted by molar-refractivity contribution is -0.153. The summed E-state index contributed by atoms with van der Waals surface area (Å²) >= 11 is 0. The lowest BCUT2D eigenvalue weighted by Gasteiger charge is -2.19. The predicted molar refractivity (Wildman–Crippen MR) is 154 cm³/mol. The molecular formula is C31H43N3O5. The lowest BCUT2D eigenvalue weighted by Crippen LogP contribution is -2.34. The first-order valence-electron chi connectivity index (χ1n) is 14.2. The van der Waals surface area contributed by atoms with E-state index in [9.17, 15) is 9.59 Å². The van der Waals surface area contributed by atoms with Gasteiger partial charge in [0.05, 0.1) is 24.2 Å². The Kier molecular flexibility index (Phi) is 12.4. The highest BCUT2D eigenvalue weighted by Crippen LogP contribution is 2.22. The number of hydrogen-bond acceptors (Lipinski definition) is 8. The number of nitrogens with two attached hydrogens (primary N) is 1. The molecule has 3 aromatic rings. The first-order chi connectivity index (χ1) is 18.9. The second kappa shape index (κ2) is 16.0. The van der Waals surface area contributed by atoms with Crippen molar-refractivity contribution >= 4 is 16.9 Å². The van der Waals surface area contributed by atoms with Gasteiger partial charge in [-0.25, -0.2) is 9.78 Å². The number of hydrogen-bond donors (Lipinski definition) is 1. The number of aromatic nitrogens is 2. The van der Waals surface area contributed by atoms with Gasteiger partial charge in [-0.15, -0.1) is 0 Å². The van der Waals surface area contributed by atoms with Gasteiger partial charge in [0.25, 0.3) is 0 Å². The number of pyridine rings is 2. The maximum absolute atomic E-state index is 12.4. The largest absolute Gasteiger partial charge is 0.478 e. The third kappa shape index (κ3) is 10.1. The van der Waals surface area contributed by atoms with Crippen LogP contribution in [-0.4, -0.2) is 35.7 Å². The molecule has 0 radical (unpaired) electrons. The van der Waals surface area contributed by atoms with Gasteiger partial charge in [0.15, 0.2) is 0 Å². The van der Waals surface area contributed by atoms with Crippen LogP contribution in [0, 0.1) is 5.41 Å². The zero-order valence-electron chi connectivity index (χ0n) is 23.5. The van der Waals surface area contributed by atoms with Crippen LogP contribution in [0.5, 0.6) is 5.88 Å². The first kappa shape index (κ1) is 30.3. The molecule has 8 heteroatoms. The van der Waals surface area contributed by atoms with Crippen molar-refractivity contribution in [1.29, 1.82) is 0 Å². The van der Waals surface area contributed by atoms with Gasteiger partial charge in [-0.1, -0.05) is 63.9 Å². The molecule has 0 saturated carbocycles. The number of nitrogens with zero attached hydrogens (tertiary/aromatic N) is 2. The van der Waals surface area contributed by atoms with Gasteiger partial charge in [-0.2, -0.15) is 0 Å². The summed E-state index contributed by atoms with van der Waals surface area (Å²) in [5.74, 6) is 0.269. The average molecular weight is 538 g/mol. The molecule has 39 heavy (non-hydrogen) atoms. The third-order valence-corrected chi connectivity index (χ3v) is 6.90. The highest BCUT2D eigenvalue weighted by Gasteiger charge is 2.27. The second-order valence-corrected chi connectivity index (χ2v) is 10.7. The van der Waals surface area contributed by atoms with Crippen LogP contribution in [0.3, 0.4) is 0 Å². The van der Waals surface area contributed by atoms with Crippen LogP contribution < -0.4 is 16.1 Å². The molecule has 0 aromatic carbocycles. The number of esters is 1. The monoisotopic (exact) mass is 537 g/mol. The summed E-state index contributed by atoms with van der Waals surface area (Å²) < 4.78 is 16.6. The van der Waals surface area contributed by atoms with Crippen molar-refractivity contribution in [1.82, 2.24) is 9.97 Å². The van der Waals surface area contributed by atoms with Crippen LogP contribution in [0.2, 0.25) is 0 Å². The summed E-state index contributed by atoms with van der Waals surface area (Å²) in [6, 6.07) is 7.07. The Morgan fingerprint density at radius 1 is 0.923 bits per heavy atom. The summed E-state index contributed by atoms with van der Waals surface area (Å²) in [6.07, 6.45) is 17.7. The van der Waals surface area contributed by atoms with E-state index < -0.39 is 11.0 Å². The van der Waals surface area contributed by atoms with E-state index in [0.29, 0.717) is 42.3 Å². The molecule has 3 heterocycles. The van der Waals surface area contributed by atoms with Crippen molar-refractivity contribution in [3.63, 3.8) is 0 Å². The van der Waals surface area contributed by atoms with E-state index in [-0.39, 0.29) is 5.97 Å². The maximum Gasteiger partial charge on any atom is 0.344 e. The predicted octanol–water partition coefficient (Wildman–Crippen LogP) is 6.45. The second-order valence-electron chi connectivity index (χ2n) is 10.7. The Labute approximate surface area is 231 Å². The molecule has 3 aromatic heterocycles. The van der Waals surface area contributed by atoms with Gasteiger partial charge in [0, 0.05) is 42.2 Å². The van der Waals surface area contributed by atoms with Crippen molar-refractivity contribution in [2.45, 2.75) is 84.5 Å². The van der Waals surface area contributed by atoms with E-state index in [1.54, 1.807) is 36.8 Å². The van der Waals surface area contributed by atoms with E-state index in [1.165, 1.54) is 44.9 Å². The molecule has 2 N–H and O–H groups in total. The smallest absolute Gasteiger partial charge is 0.344 e. The third-order valence-electron chi connectivity index (χ3n) is 6.90. The number of carbonyl (C=O) groups is 1. The molecule has 0 bridgehead atoms. The molecule has 3 rings (SSSR count). The molecule has 0 saturated heterocycles. The van der Waals surface area contributed by atoms with E-state index in [0.717, 1.165) is 31.1 Å². The molecule has 0 aliphatic heterocycles. The van der Waals surface area contributed by atoms with Crippen LogP contribution in [0.4, 0.5) is 0 Å². The fourth-order valence-corrected chi connectivity index (χ4v) is 4.21. The molecular weight excluding hydrogens is 494 g/mol. The summed E-state index contributed by atoms with van der Waals surface area (Å²) in [5.41, 5.74) is 6.25.